The van der Waals surface area contributed by atoms with Crippen molar-refractivity contribution in [2.75, 3.05) is 26.7 Å². The van der Waals surface area contributed by atoms with Crippen molar-refractivity contribution in [1.82, 2.24) is 20.9 Å². The first-order chi connectivity index (χ1) is 16.3. The lowest BCUT2D eigenvalue weighted by molar-refractivity contribution is -0.149. The molecule has 3 aliphatic heterocycles. The number of carbonyl (C=O) groups excluding carboxylic acids is 4. The summed E-state index contributed by atoms with van der Waals surface area (Å²) in [6.07, 6.45) is 4.20. The molecule has 180 valence electrons. The molecule has 34 heavy (non-hydrogen) atoms. The Bertz CT molecular complexity index is 1040. The van der Waals surface area contributed by atoms with Gasteiger partial charge in [0, 0.05) is 32.1 Å². The van der Waals surface area contributed by atoms with Gasteiger partial charge in [-0.15, -0.1) is 0 Å². The largest absolute Gasteiger partial charge is 0.469 e. The summed E-state index contributed by atoms with van der Waals surface area (Å²) in [4.78, 5) is 51.4. The van der Waals surface area contributed by atoms with Crippen molar-refractivity contribution in [2.45, 2.75) is 31.3 Å². The number of esters is 1. The molecule has 0 bridgehead atoms. The van der Waals surface area contributed by atoms with E-state index in [1.54, 1.807) is 23.1 Å². The Kier molecular flexibility index (Phi) is 6.95. The molecule has 1 saturated heterocycles. The van der Waals surface area contributed by atoms with Crippen LogP contribution < -0.4 is 16.0 Å². The van der Waals surface area contributed by atoms with Gasteiger partial charge in [-0.05, 0) is 42.2 Å². The van der Waals surface area contributed by atoms with E-state index in [2.05, 4.69) is 16.0 Å². The molecule has 1 aromatic carbocycles. The third kappa shape index (κ3) is 5.27. The van der Waals surface area contributed by atoms with Gasteiger partial charge in [0.05, 0.1) is 19.1 Å². The number of nitrogens with zero attached hydrogens (tertiary/aromatic N) is 1. The first-order valence-electron chi connectivity index (χ1n) is 11.2. The highest BCUT2D eigenvalue weighted by atomic mass is 19.1. The van der Waals surface area contributed by atoms with E-state index in [9.17, 15) is 23.6 Å². The molecule has 0 aliphatic carbocycles. The molecule has 3 aliphatic rings. The summed E-state index contributed by atoms with van der Waals surface area (Å²) >= 11 is 0. The second-order valence-corrected chi connectivity index (χ2v) is 8.62. The zero-order valence-electron chi connectivity index (χ0n) is 18.8. The molecule has 0 spiro atoms. The van der Waals surface area contributed by atoms with Gasteiger partial charge in [0.2, 0.25) is 11.8 Å². The maximum atomic E-state index is 13.4. The molecular weight excluding hydrogens is 443 g/mol. The van der Waals surface area contributed by atoms with E-state index < -0.39 is 11.9 Å². The molecule has 0 radical (unpaired) electrons. The van der Waals surface area contributed by atoms with Crippen LogP contribution in [-0.2, 0) is 30.3 Å². The number of carbonyl (C=O) groups is 4. The second kappa shape index (κ2) is 10.1. The van der Waals surface area contributed by atoms with Crippen LogP contribution in [0.5, 0.6) is 0 Å². The fraction of sp³-hybridized carbons (Fsp3) is 0.417. The number of likely N-dealkylation sites (tertiary alicyclic amines) is 1. The SMILES string of the molecule is COC(=O)C1CCN(C(=O)[C@H](Cc2ccc(F)cc2)NC(=O)C2=CC3=CC(=O)NCC3N2)CC1. The molecule has 10 heteroatoms. The summed E-state index contributed by atoms with van der Waals surface area (Å²) in [6.45, 7) is 1.11. The van der Waals surface area contributed by atoms with Gasteiger partial charge in [-0.2, -0.15) is 0 Å². The number of hydrogen-bond acceptors (Lipinski definition) is 6. The van der Waals surface area contributed by atoms with E-state index >= 15 is 0 Å². The molecular formula is C24H27FN4O5. The lowest BCUT2D eigenvalue weighted by Crippen LogP contribution is -2.53. The van der Waals surface area contributed by atoms with Crippen LogP contribution in [0.2, 0.25) is 0 Å². The van der Waals surface area contributed by atoms with Crippen molar-refractivity contribution in [3.05, 3.63) is 59.1 Å². The maximum absolute atomic E-state index is 13.4. The van der Waals surface area contributed by atoms with Gasteiger partial charge in [0.25, 0.3) is 5.91 Å². The number of amides is 3. The minimum atomic E-state index is -0.883. The minimum Gasteiger partial charge on any atom is -0.469 e. The highest BCUT2D eigenvalue weighted by Gasteiger charge is 2.34. The molecule has 3 heterocycles. The first kappa shape index (κ1) is 23.5. The monoisotopic (exact) mass is 470 g/mol. The average Bonchev–Trinajstić information content (AvgIpc) is 3.27. The fourth-order valence-electron chi connectivity index (χ4n) is 4.44. The molecule has 0 saturated carbocycles. The van der Waals surface area contributed by atoms with Crippen LogP contribution in [0, 0.1) is 11.7 Å². The van der Waals surface area contributed by atoms with Crippen LogP contribution in [0.25, 0.3) is 0 Å². The predicted octanol–water partition coefficient (Wildman–Crippen LogP) is 0.177. The third-order valence-corrected chi connectivity index (χ3v) is 6.36. The van der Waals surface area contributed by atoms with E-state index in [0.717, 1.165) is 0 Å². The minimum absolute atomic E-state index is 0.182. The fourth-order valence-corrected chi connectivity index (χ4v) is 4.44. The summed E-state index contributed by atoms with van der Waals surface area (Å²) in [5.41, 5.74) is 1.68. The van der Waals surface area contributed by atoms with E-state index in [1.165, 1.54) is 25.3 Å². The maximum Gasteiger partial charge on any atom is 0.308 e. The molecule has 0 aromatic heterocycles. The number of rotatable bonds is 6. The van der Waals surface area contributed by atoms with Gasteiger partial charge in [0.15, 0.2) is 0 Å². The molecule has 4 rings (SSSR count). The smallest absolute Gasteiger partial charge is 0.308 e. The quantitative estimate of drug-likeness (QED) is 0.511. The van der Waals surface area contributed by atoms with Gasteiger partial charge >= 0.3 is 5.97 Å². The van der Waals surface area contributed by atoms with Crippen LogP contribution in [0.4, 0.5) is 4.39 Å². The van der Waals surface area contributed by atoms with Crippen molar-refractivity contribution in [1.29, 1.82) is 0 Å². The number of ether oxygens (including phenoxy) is 1. The van der Waals surface area contributed by atoms with Crippen molar-refractivity contribution in [3.8, 4) is 0 Å². The lowest BCUT2D eigenvalue weighted by Gasteiger charge is -2.33. The Morgan fingerprint density at radius 1 is 1.18 bits per heavy atom. The van der Waals surface area contributed by atoms with Crippen LogP contribution in [-0.4, -0.2) is 67.4 Å². The van der Waals surface area contributed by atoms with Crippen molar-refractivity contribution in [3.63, 3.8) is 0 Å². The van der Waals surface area contributed by atoms with E-state index in [4.69, 9.17) is 4.74 Å². The summed E-state index contributed by atoms with van der Waals surface area (Å²) in [5, 5.41) is 8.58. The highest BCUT2D eigenvalue weighted by molar-refractivity contribution is 5.99. The molecule has 1 unspecified atom stereocenters. The summed E-state index contributed by atoms with van der Waals surface area (Å²) < 4.78 is 18.2. The number of methoxy groups -OCH3 is 1. The summed E-state index contributed by atoms with van der Waals surface area (Å²) in [5.74, 6) is -1.88. The zero-order valence-corrected chi connectivity index (χ0v) is 18.8. The molecule has 9 nitrogen and oxygen atoms in total. The number of nitrogens with one attached hydrogen (secondary N) is 3. The Morgan fingerprint density at radius 2 is 1.88 bits per heavy atom. The third-order valence-electron chi connectivity index (χ3n) is 6.36. The normalized spacial score (nSPS) is 20.8. The van der Waals surface area contributed by atoms with Gasteiger partial charge in [-0.3, -0.25) is 19.2 Å². The van der Waals surface area contributed by atoms with E-state index in [1.807, 2.05) is 0 Å². The molecule has 2 atom stereocenters. The Morgan fingerprint density at radius 3 is 2.56 bits per heavy atom. The average molecular weight is 471 g/mol. The van der Waals surface area contributed by atoms with Crippen molar-refractivity contribution < 1.29 is 28.3 Å². The van der Waals surface area contributed by atoms with Crippen LogP contribution in [0.1, 0.15) is 18.4 Å². The Labute approximate surface area is 196 Å². The standard InChI is InChI=1S/C24H27FN4O5/c1-34-24(33)15-6-8-29(9-7-15)23(32)19(10-14-2-4-17(25)5-3-14)28-22(31)18-11-16-12-21(30)26-13-20(16)27-18/h2-5,11-12,15,19-20,27H,6-10,13H2,1H3,(H,26,30)(H,28,31)/t19-,20?/m0/s1. The predicted molar refractivity (Wildman–Crippen MR) is 119 cm³/mol. The zero-order chi connectivity index (χ0) is 24.2. The van der Waals surface area contributed by atoms with Crippen molar-refractivity contribution in [2.24, 2.45) is 5.92 Å². The first-order valence-corrected chi connectivity index (χ1v) is 11.2. The number of benzene rings is 1. The summed E-state index contributed by atoms with van der Waals surface area (Å²) in [7, 11) is 1.35. The summed E-state index contributed by atoms with van der Waals surface area (Å²) in [6, 6.07) is 4.70. The number of halogens is 1. The lowest BCUT2D eigenvalue weighted by atomic mass is 9.95. The second-order valence-electron chi connectivity index (χ2n) is 8.62. The van der Waals surface area contributed by atoms with Crippen LogP contribution in [0.15, 0.2) is 47.7 Å². The van der Waals surface area contributed by atoms with Crippen LogP contribution >= 0.6 is 0 Å². The van der Waals surface area contributed by atoms with E-state index in [0.29, 0.717) is 43.6 Å². The van der Waals surface area contributed by atoms with E-state index in [-0.39, 0.29) is 47.7 Å². The molecule has 1 fully saturated rings. The number of hydrogen-bond donors (Lipinski definition) is 3. The van der Waals surface area contributed by atoms with Crippen LogP contribution in [0.3, 0.4) is 0 Å². The number of fused-ring (bicyclic) bond motifs is 1. The molecule has 3 amide bonds. The van der Waals surface area contributed by atoms with Gasteiger partial charge in [0.1, 0.15) is 17.6 Å². The molecule has 3 N–H and O–H groups in total. The Hall–Kier alpha value is -3.69. The van der Waals surface area contributed by atoms with Gasteiger partial charge in [-0.25, -0.2) is 4.39 Å². The van der Waals surface area contributed by atoms with Gasteiger partial charge in [-0.1, -0.05) is 12.1 Å². The molecule has 1 aromatic rings. The Balaban J connectivity index is 1.47. The van der Waals surface area contributed by atoms with Crippen molar-refractivity contribution >= 4 is 23.7 Å². The highest BCUT2D eigenvalue weighted by Crippen LogP contribution is 2.21. The van der Waals surface area contributed by atoms with Gasteiger partial charge < -0.3 is 25.6 Å². The topological polar surface area (TPSA) is 117 Å². The number of piperidine rings is 1.